The van der Waals surface area contributed by atoms with Gasteiger partial charge in [0.15, 0.2) is 5.60 Å². The largest absolute Gasteiger partial charge is 0.476 e. The number of para-hydroxylation sites is 1. The van der Waals surface area contributed by atoms with Gasteiger partial charge in [0.2, 0.25) is 0 Å². The molecule has 0 spiro atoms. The van der Waals surface area contributed by atoms with E-state index in [1.165, 1.54) is 4.90 Å². The van der Waals surface area contributed by atoms with Crippen molar-refractivity contribution in [3.8, 4) is 5.75 Å². The number of carbonyl (C=O) groups is 2. The number of carbonyl (C=O) groups excluding carboxylic acids is 2. The van der Waals surface area contributed by atoms with Crippen LogP contribution in [0, 0.1) is 0 Å². The van der Waals surface area contributed by atoms with Gasteiger partial charge >= 0.3 is 5.97 Å². The molecule has 0 unspecified atom stereocenters. The number of benzene rings is 1. The van der Waals surface area contributed by atoms with Crippen molar-refractivity contribution in [2.75, 3.05) is 17.2 Å². The zero-order valence-corrected chi connectivity index (χ0v) is 12.7. The summed E-state index contributed by atoms with van der Waals surface area (Å²) in [5, 5.41) is 0. The van der Waals surface area contributed by atoms with Gasteiger partial charge in [-0.05, 0) is 39.8 Å². The highest BCUT2D eigenvalue weighted by Gasteiger charge is 2.42. The highest BCUT2D eigenvalue weighted by molar-refractivity contribution is 6.07. The Kier molecular flexibility index (Phi) is 3.80. The second kappa shape index (κ2) is 5.27. The van der Waals surface area contributed by atoms with Crippen molar-refractivity contribution >= 4 is 23.3 Å². The predicted octanol–water partition coefficient (Wildman–Crippen LogP) is 1.72. The number of anilines is 2. The van der Waals surface area contributed by atoms with E-state index in [1.807, 2.05) is 0 Å². The first-order valence-corrected chi connectivity index (χ1v) is 6.81. The molecule has 6 nitrogen and oxygen atoms in total. The van der Waals surface area contributed by atoms with Gasteiger partial charge in [-0.25, -0.2) is 0 Å². The second-order valence-corrected chi connectivity index (χ2v) is 5.74. The van der Waals surface area contributed by atoms with Crippen molar-refractivity contribution in [1.82, 2.24) is 0 Å². The van der Waals surface area contributed by atoms with Crippen molar-refractivity contribution in [2.24, 2.45) is 0 Å². The second-order valence-electron chi connectivity index (χ2n) is 5.74. The van der Waals surface area contributed by atoms with Crippen molar-refractivity contribution in [3.63, 3.8) is 0 Å². The van der Waals surface area contributed by atoms with E-state index in [4.69, 9.17) is 15.2 Å². The average Bonchev–Trinajstić information content (AvgIpc) is 2.33. The molecule has 0 bridgehead atoms. The lowest BCUT2D eigenvalue weighted by Gasteiger charge is -2.38. The van der Waals surface area contributed by atoms with E-state index in [1.54, 1.807) is 45.9 Å². The number of nitrogens with two attached hydrogens (primary N) is 1. The minimum absolute atomic E-state index is 0.189. The van der Waals surface area contributed by atoms with Crippen LogP contribution < -0.4 is 15.4 Å². The number of hydrogen-bond donors (Lipinski definition) is 1. The van der Waals surface area contributed by atoms with E-state index in [-0.39, 0.29) is 18.6 Å². The van der Waals surface area contributed by atoms with Crippen LogP contribution in [0.15, 0.2) is 18.2 Å². The summed E-state index contributed by atoms with van der Waals surface area (Å²) < 4.78 is 10.8. The third kappa shape index (κ3) is 2.94. The molecule has 6 heteroatoms. The summed E-state index contributed by atoms with van der Waals surface area (Å²) in [4.78, 5) is 25.8. The van der Waals surface area contributed by atoms with Gasteiger partial charge in [0.05, 0.1) is 11.8 Å². The number of rotatable bonds is 3. The van der Waals surface area contributed by atoms with Crippen molar-refractivity contribution in [3.05, 3.63) is 18.2 Å². The lowest BCUT2D eigenvalue weighted by Crippen LogP contribution is -2.54. The molecule has 1 aromatic rings. The minimum atomic E-state index is -1.06. The Bertz CT molecular complexity index is 581. The molecule has 21 heavy (non-hydrogen) atoms. The Morgan fingerprint density at radius 2 is 2.10 bits per heavy atom. The van der Waals surface area contributed by atoms with Crippen LogP contribution >= 0.6 is 0 Å². The maximum absolute atomic E-state index is 12.5. The van der Waals surface area contributed by atoms with Gasteiger partial charge in [-0.1, -0.05) is 6.07 Å². The maximum atomic E-state index is 12.5. The third-order valence-electron chi connectivity index (χ3n) is 3.08. The Hall–Kier alpha value is -2.24. The molecule has 1 aromatic carbocycles. The molecule has 0 saturated heterocycles. The molecule has 0 saturated carbocycles. The molecule has 0 radical (unpaired) electrons. The first-order valence-electron chi connectivity index (χ1n) is 6.81. The summed E-state index contributed by atoms with van der Waals surface area (Å²) in [6.07, 6.45) is -0.241. The predicted molar refractivity (Wildman–Crippen MR) is 79.1 cm³/mol. The van der Waals surface area contributed by atoms with Gasteiger partial charge in [-0.2, -0.15) is 0 Å². The molecule has 0 aromatic heterocycles. The number of nitrogens with zero attached hydrogens (tertiary/aromatic N) is 1. The van der Waals surface area contributed by atoms with E-state index < -0.39 is 11.6 Å². The highest BCUT2D eigenvalue weighted by atomic mass is 16.5. The smallest absolute Gasteiger partial charge is 0.326 e. The van der Waals surface area contributed by atoms with Crippen LogP contribution in [0.1, 0.15) is 27.7 Å². The summed E-state index contributed by atoms with van der Waals surface area (Å²) >= 11 is 0. The van der Waals surface area contributed by atoms with Gasteiger partial charge in [0.1, 0.15) is 18.0 Å². The van der Waals surface area contributed by atoms with Crippen molar-refractivity contribution in [2.45, 2.75) is 39.4 Å². The van der Waals surface area contributed by atoms with E-state index in [0.717, 1.165) is 0 Å². The number of esters is 1. The van der Waals surface area contributed by atoms with Crippen LogP contribution in [-0.2, 0) is 14.3 Å². The van der Waals surface area contributed by atoms with Crippen LogP contribution in [0.3, 0.4) is 0 Å². The summed E-state index contributed by atoms with van der Waals surface area (Å²) in [5.41, 5.74) is 5.68. The Morgan fingerprint density at radius 1 is 1.43 bits per heavy atom. The number of ether oxygens (including phenoxy) is 2. The number of amides is 1. The molecule has 0 atom stereocenters. The summed E-state index contributed by atoms with van der Waals surface area (Å²) in [6, 6.07) is 5.12. The number of hydrogen-bond acceptors (Lipinski definition) is 5. The fourth-order valence-corrected chi connectivity index (χ4v) is 2.24. The first-order chi connectivity index (χ1) is 9.72. The van der Waals surface area contributed by atoms with E-state index >= 15 is 0 Å². The first kappa shape index (κ1) is 15.2. The zero-order valence-electron chi connectivity index (χ0n) is 12.7. The standard InChI is InChI=1S/C15H20N2O4/c1-9(2)20-12(18)8-17-13-10(16)6-5-7-11(13)21-15(3,4)14(17)19/h5-7,9H,8,16H2,1-4H3. The molecule has 1 amide bonds. The fourth-order valence-electron chi connectivity index (χ4n) is 2.24. The van der Waals surface area contributed by atoms with Crippen LogP contribution in [-0.4, -0.2) is 30.1 Å². The van der Waals surface area contributed by atoms with Gasteiger partial charge in [-0.3, -0.25) is 14.5 Å². The molecule has 2 N–H and O–H groups in total. The zero-order chi connectivity index (χ0) is 15.8. The lowest BCUT2D eigenvalue weighted by molar-refractivity contribution is -0.147. The Morgan fingerprint density at radius 3 is 2.71 bits per heavy atom. The summed E-state index contributed by atoms with van der Waals surface area (Å²) in [7, 11) is 0. The Balaban J connectivity index is 2.39. The van der Waals surface area contributed by atoms with E-state index in [2.05, 4.69) is 0 Å². The van der Waals surface area contributed by atoms with E-state index in [9.17, 15) is 9.59 Å². The van der Waals surface area contributed by atoms with Crippen LogP contribution in [0.5, 0.6) is 5.75 Å². The quantitative estimate of drug-likeness (QED) is 0.677. The molecule has 114 valence electrons. The lowest BCUT2D eigenvalue weighted by atomic mass is 10.0. The van der Waals surface area contributed by atoms with Crippen LogP contribution in [0.25, 0.3) is 0 Å². The molecule has 0 fully saturated rings. The molecular weight excluding hydrogens is 272 g/mol. The van der Waals surface area contributed by atoms with Gasteiger partial charge in [0, 0.05) is 0 Å². The van der Waals surface area contributed by atoms with Gasteiger partial charge in [0.25, 0.3) is 5.91 Å². The molecule has 1 aliphatic heterocycles. The fraction of sp³-hybridized carbons (Fsp3) is 0.467. The SMILES string of the molecule is CC(C)OC(=O)CN1C(=O)C(C)(C)Oc2cccc(N)c21. The summed E-state index contributed by atoms with van der Waals surface area (Å²) in [6.45, 7) is 6.63. The maximum Gasteiger partial charge on any atom is 0.326 e. The van der Waals surface area contributed by atoms with Crippen molar-refractivity contribution < 1.29 is 19.1 Å². The molecule has 0 aliphatic carbocycles. The van der Waals surface area contributed by atoms with E-state index in [0.29, 0.717) is 17.1 Å². The monoisotopic (exact) mass is 292 g/mol. The number of nitrogen functional groups attached to an aromatic ring is 1. The minimum Gasteiger partial charge on any atom is -0.476 e. The average molecular weight is 292 g/mol. The highest BCUT2D eigenvalue weighted by Crippen LogP contribution is 2.41. The summed E-state index contributed by atoms with van der Waals surface area (Å²) in [5.74, 6) is -0.323. The van der Waals surface area contributed by atoms with Crippen molar-refractivity contribution in [1.29, 1.82) is 0 Å². The molecule has 1 aliphatic rings. The van der Waals surface area contributed by atoms with Gasteiger partial charge in [-0.15, -0.1) is 0 Å². The number of fused-ring (bicyclic) bond motifs is 1. The van der Waals surface area contributed by atoms with Crippen LogP contribution in [0.4, 0.5) is 11.4 Å². The molecule has 1 heterocycles. The van der Waals surface area contributed by atoms with Crippen LogP contribution in [0.2, 0.25) is 0 Å². The third-order valence-corrected chi connectivity index (χ3v) is 3.08. The van der Waals surface area contributed by atoms with Gasteiger partial charge < -0.3 is 15.2 Å². The normalized spacial score (nSPS) is 16.4. The molecule has 2 rings (SSSR count). The molecular formula is C15H20N2O4. The topological polar surface area (TPSA) is 81.9 Å². The Labute approximate surface area is 123 Å².